The van der Waals surface area contributed by atoms with E-state index in [1.807, 2.05) is 0 Å². The molecule has 1 aliphatic rings. The summed E-state index contributed by atoms with van der Waals surface area (Å²) in [5.41, 5.74) is -0.200. The van der Waals surface area contributed by atoms with Gasteiger partial charge in [0.25, 0.3) is 0 Å². The van der Waals surface area contributed by atoms with Gasteiger partial charge in [0.2, 0.25) is 0 Å². The highest BCUT2D eigenvalue weighted by Crippen LogP contribution is 2.49. The fourth-order valence-corrected chi connectivity index (χ4v) is 1.13. The van der Waals surface area contributed by atoms with Crippen LogP contribution in [0.4, 0.5) is 0 Å². The zero-order valence-corrected chi connectivity index (χ0v) is 6.96. The van der Waals surface area contributed by atoms with Crippen molar-refractivity contribution in [1.82, 2.24) is 0 Å². The number of methoxy groups -OCH3 is 1. The van der Waals surface area contributed by atoms with E-state index >= 15 is 0 Å². The number of hydrogen-bond donors (Lipinski definition) is 0. The lowest BCUT2D eigenvalue weighted by Gasteiger charge is -2.07. The predicted molar refractivity (Wildman–Crippen MR) is 42.7 cm³/mol. The number of carbonyl (C=O) groups is 1. The van der Waals surface area contributed by atoms with E-state index < -0.39 is 0 Å². The standard InChI is InChI=1S/C8H13NO2/c1-9-6-5-8(3-4-8)7(10)11-2/h6H,3-5H2,1-2H3. The third-order valence-corrected chi connectivity index (χ3v) is 2.14. The summed E-state index contributed by atoms with van der Waals surface area (Å²) in [6.45, 7) is 0. The van der Waals surface area contributed by atoms with E-state index in [0.717, 1.165) is 19.3 Å². The minimum Gasteiger partial charge on any atom is -0.469 e. The molecule has 0 aromatic rings. The molecule has 0 aliphatic heterocycles. The average molecular weight is 155 g/mol. The molecule has 1 aliphatic carbocycles. The molecule has 0 radical (unpaired) electrons. The van der Waals surface area contributed by atoms with E-state index in [9.17, 15) is 4.79 Å². The molecule has 0 saturated heterocycles. The molecule has 3 heteroatoms. The normalized spacial score (nSPS) is 20.2. The van der Waals surface area contributed by atoms with Crippen LogP contribution < -0.4 is 0 Å². The zero-order chi connectivity index (χ0) is 8.32. The van der Waals surface area contributed by atoms with Crippen LogP contribution in [0.5, 0.6) is 0 Å². The summed E-state index contributed by atoms with van der Waals surface area (Å²) in [5.74, 6) is -0.0857. The monoisotopic (exact) mass is 155 g/mol. The highest BCUT2D eigenvalue weighted by molar-refractivity contribution is 5.83. The van der Waals surface area contributed by atoms with Gasteiger partial charge >= 0.3 is 5.97 Å². The van der Waals surface area contributed by atoms with E-state index in [1.165, 1.54) is 7.11 Å². The van der Waals surface area contributed by atoms with Gasteiger partial charge in [-0.2, -0.15) is 0 Å². The van der Waals surface area contributed by atoms with Crippen LogP contribution >= 0.6 is 0 Å². The third kappa shape index (κ3) is 1.59. The molecule has 1 rings (SSSR count). The quantitative estimate of drug-likeness (QED) is 0.451. The maximum atomic E-state index is 11.1. The predicted octanol–water partition coefficient (Wildman–Crippen LogP) is 1.03. The minimum absolute atomic E-state index is 0.0857. The van der Waals surface area contributed by atoms with Crippen molar-refractivity contribution in [2.24, 2.45) is 10.4 Å². The first-order chi connectivity index (χ1) is 5.25. The maximum absolute atomic E-state index is 11.1. The second-order valence-corrected chi connectivity index (χ2v) is 2.92. The molecule has 62 valence electrons. The SMILES string of the molecule is CN=CCC1(C(=O)OC)CC1. The van der Waals surface area contributed by atoms with E-state index in [0.29, 0.717) is 0 Å². The lowest BCUT2D eigenvalue weighted by molar-refractivity contribution is -0.146. The molecule has 3 nitrogen and oxygen atoms in total. The van der Waals surface area contributed by atoms with Crippen LogP contribution in [-0.4, -0.2) is 26.3 Å². The first kappa shape index (κ1) is 8.24. The molecule has 1 saturated carbocycles. The lowest BCUT2D eigenvalue weighted by Crippen LogP contribution is -2.17. The summed E-state index contributed by atoms with van der Waals surface area (Å²) in [5, 5.41) is 0. The largest absolute Gasteiger partial charge is 0.469 e. The van der Waals surface area contributed by atoms with Crippen molar-refractivity contribution < 1.29 is 9.53 Å². The number of carbonyl (C=O) groups excluding carboxylic acids is 1. The topological polar surface area (TPSA) is 38.7 Å². The fourth-order valence-electron chi connectivity index (χ4n) is 1.13. The summed E-state index contributed by atoms with van der Waals surface area (Å²) in [7, 11) is 3.15. The van der Waals surface area contributed by atoms with E-state index in [2.05, 4.69) is 9.73 Å². The van der Waals surface area contributed by atoms with Crippen LogP contribution in [-0.2, 0) is 9.53 Å². The first-order valence-corrected chi connectivity index (χ1v) is 3.74. The molecule has 0 spiro atoms. The van der Waals surface area contributed by atoms with Crippen LogP contribution in [0.2, 0.25) is 0 Å². The number of hydrogen-bond acceptors (Lipinski definition) is 3. The smallest absolute Gasteiger partial charge is 0.312 e. The van der Waals surface area contributed by atoms with Gasteiger partial charge in [0.1, 0.15) is 0 Å². The Bertz CT molecular complexity index is 183. The minimum atomic E-state index is -0.200. The summed E-state index contributed by atoms with van der Waals surface area (Å²) >= 11 is 0. The van der Waals surface area contributed by atoms with Crippen LogP contribution in [0, 0.1) is 5.41 Å². The van der Waals surface area contributed by atoms with Crippen LogP contribution in [0.15, 0.2) is 4.99 Å². The summed E-state index contributed by atoms with van der Waals surface area (Å²) in [6.07, 6.45) is 4.41. The molecule has 0 atom stereocenters. The van der Waals surface area contributed by atoms with Crippen molar-refractivity contribution in [2.45, 2.75) is 19.3 Å². The van der Waals surface area contributed by atoms with Crippen molar-refractivity contribution in [1.29, 1.82) is 0 Å². The molecule has 11 heavy (non-hydrogen) atoms. The van der Waals surface area contributed by atoms with Crippen molar-refractivity contribution >= 4 is 12.2 Å². The van der Waals surface area contributed by atoms with Gasteiger partial charge in [-0.1, -0.05) is 0 Å². The van der Waals surface area contributed by atoms with Gasteiger partial charge in [-0.15, -0.1) is 0 Å². The average Bonchev–Trinajstić information content (AvgIpc) is 2.80. The molecular formula is C8H13NO2. The molecule has 0 unspecified atom stereocenters. The Kier molecular flexibility index (Phi) is 2.27. The summed E-state index contributed by atoms with van der Waals surface area (Å²) < 4.78 is 4.67. The second kappa shape index (κ2) is 3.03. The molecule has 0 heterocycles. The maximum Gasteiger partial charge on any atom is 0.312 e. The molecule has 0 amide bonds. The highest BCUT2D eigenvalue weighted by atomic mass is 16.5. The number of esters is 1. The third-order valence-electron chi connectivity index (χ3n) is 2.14. The number of rotatable bonds is 3. The van der Waals surface area contributed by atoms with E-state index in [-0.39, 0.29) is 11.4 Å². The number of nitrogens with zero attached hydrogens (tertiary/aromatic N) is 1. The molecule has 0 aromatic heterocycles. The van der Waals surface area contributed by atoms with Crippen molar-refractivity contribution in [3.8, 4) is 0 Å². The van der Waals surface area contributed by atoms with Gasteiger partial charge in [0, 0.05) is 7.05 Å². The lowest BCUT2D eigenvalue weighted by atomic mass is 10.0. The zero-order valence-electron chi connectivity index (χ0n) is 6.96. The molecule has 0 N–H and O–H groups in total. The number of aliphatic imine (C=N–C) groups is 1. The van der Waals surface area contributed by atoms with Crippen molar-refractivity contribution in [2.75, 3.05) is 14.2 Å². The molecule has 0 aromatic carbocycles. The Hall–Kier alpha value is -0.860. The van der Waals surface area contributed by atoms with E-state index in [1.54, 1.807) is 13.3 Å². The van der Waals surface area contributed by atoms with Crippen molar-refractivity contribution in [3.63, 3.8) is 0 Å². The fraction of sp³-hybridized carbons (Fsp3) is 0.750. The first-order valence-electron chi connectivity index (χ1n) is 3.74. The van der Waals surface area contributed by atoms with Gasteiger partial charge < -0.3 is 9.73 Å². The van der Waals surface area contributed by atoms with Gasteiger partial charge in [-0.3, -0.25) is 4.79 Å². The Balaban J connectivity index is 2.47. The number of ether oxygens (including phenoxy) is 1. The molecular weight excluding hydrogens is 142 g/mol. The highest BCUT2D eigenvalue weighted by Gasteiger charge is 2.50. The molecule has 0 bridgehead atoms. The van der Waals surface area contributed by atoms with Crippen LogP contribution in [0.3, 0.4) is 0 Å². The van der Waals surface area contributed by atoms with Gasteiger partial charge in [0.05, 0.1) is 12.5 Å². The van der Waals surface area contributed by atoms with Crippen LogP contribution in [0.1, 0.15) is 19.3 Å². The van der Waals surface area contributed by atoms with Gasteiger partial charge in [0.15, 0.2) is 0 Å². The van der Waals surface area contributed by atoms with E-state index in [4.69, 9.17) is 0 Å². The summed E-state index contributed by atoms with van der Waals surface area (Å²) in [6, 6.07) is 0. The van der Waals surface area contributed by atoms with Crippen molar-refractivity contribution in [3.05, 3.63) is 0 Å². The van der Waals surface area contributed by atoms with Crippen LogP contribution in [0.25, 0.3) is 0 Å². The summed E-state index contributed by atoms with van der Waals surface area (Å²) in [4.78, 5) is 15.0. The van der Waals surface area contributed by atoms with Gasteiger partial charge in [-0.05, 0) is 25.5 Å². The Morgan fingerprint density at radius 3 is 2.73 bits per heavy atom. The Morgan fingerprint density at radius 1 is 1.73 bits per heavy atom. The molecule has 1 fully saturated rings. The van der Waals surface area contributed by atoms with Gasteiger partial charge in [-0.25, -0.2) is 0 Å². The Labute approximate surface area is 66.5 Å². The second-order valence-electron chi connectivity index (χ2n) is 2.92. The Morgan fingerprint density at radius 2 is 2.36 bits per heavy atom.